The molecule has 0 spiro atoms. The van der Waals surface area contributed by atoms with E-state index in [0.29, 0.717) is 25.2 Å². The summed E-state index contributed by atoms with van der Waals surface area (Å²) in [7, 11) is 0. The Morgan fingerprint density at radius 3 is 3.18 bits per heavy atom. The van der Waals surface area contributed by atoms with Crippen LogP contribution in [0.5, 0.6) is 0 Å². The highest BCUT2D eigenvalue weighted by Crippen LogP contribution is 2.12. The first-order chi connectivity index (χ1) is 8.19. The molecule has 1 aliphatic heterocycles. The Balaban J connectivity index is 1.89. The van der Waals surface area contributed by atoms with Gasteiger partial charge in [-0.15, -0.1) is 0 Å². The van der Waals surface area contributed by atoms with Crippen molar-refractivity contribution in [3.63, 3.8) is 0 Å². The van der Waals surface area contributed by atoms with Gasteiger partial charge in [-0.3, -0.25) is 4.68 Å². The molecule has 1 aromatic rings. The third-order valence-corrected chi connectivity index (χ3v) is 2.79. The molecule has 1 saturated heterocycles. The van der Waals surface area contributed by atoms with E-state index in [4.69, 9.17) is 0 Å². The van der Waals surface area contributed by atoms with Crippen molar-refractivity contribution in [1.29, 1.82) is 0 Å². The lowest BCUT2D eigenvalue weighted by atomic mass is 10.3. The minimum absolute atomic E-state index is 0.169. The molecule has 2 heterocycles. The molecule has 1 fully saturated rings. The molecule has 2 N–H and O–H groups in total. The Labute approximate surface area is 100 Å². The molecule has 2 amide bonds. The van der Waals surface area contributed by atoms with Crippen LogP contribution < -0.4 is 5.32 Å². The summed E-state index contributed by atoms with van der Waals surface area (Å²) in [4.78, 5) is 13.4. The molecule has 6 heteroatoms. The van der Waals surface area contributed by atoms with E-state index in [1.165, 1.54) is 0 Å². The summed E-state index contributed by atoms with van der Waals surface area (Å²) in [5.41, 5.74) is 0.699. The van der Waals surface area contributed by atoms with Crippen molar-refractivity contribution in [1.82, 2.24) is 14.7 Å². The lowest BCUT2D eigenvalue weighted by Gasteiger charge is -2.15. The van der Waals surface area contributed by atoms with Crippen LogP contribution in [-0.4, -0.2) is 45.0 Å². The van der Waals surface area contributed by atoms with Crippen LogP contribution in [0.4, 0.5) is 10.5 Å². The van der Waals surface area contributed by atoms with Gasteiger partial charge in [-0.2, -0.15) is 5.10 Å². The highest BCUT2D eigenvalue weighted by molar-refractivity contribution is 5.89. The maximum atomic E-state index is 11.8. The Hall–Kier alpha value is -1.56. The van der Waals surface area contributed by atoms with E-state index in [1.807, 2.05) is 6.20 Å². The largest absolute Gasteiger partial charge is 0.391 e. The van der Waals surface area contributed by atoms with Crippen LogP contribution in [0, 0.1) is 0 Å². The molecule has 1 atom stereocenters. The second kappa shape index (κ2) is 5.18. The van der Waals surface area contributed by atoms with E-state index < -0.39 is 0 Å². The molecular formula is C11H18N4O2. The number of rotatable bonds is 3. The molecule has 0 bridgehead atoms. The number of aromatic nitrogens is 2. The zero-order valence-corrected chi connectivity index (χ0v) is 9.96. The van der Waals surface area contributed by atoms with Gasteiger partial charge in [0.15, 0.2) is 0 Å². The number of hydrogen-bond acceptors (Lipinski definition) is 3. The summed E-state index contributed by atoms with van der Waals surface area (Å²) in [6, 6.07) is -0.169. The molecule has 17 heavy (non-hydrogen) atoms. The number of aliphatic hydroxyl groups is 1. The van der Waals surface area contributed by atoms with Crippen molar-refractivity contribution in [2.75, 3.05) is 18.4 Å². The van der Waals surface area contributed by atoms with Gasteiger partial charge in [0, 0.05) is 25.8 Å². The fraction of sp³-hybridized carbons (Fsp3) is 0.636. The third-order valence-electron chi connectivity index (χ3n) is 2.79. The number of aliphatic hydroxyl groups excluding tert-OH is 1. The van der Waals surface area contributed by atoms with Crippen molar-refractivity contribution < 1.29 is 9.90 Å². The first-order valence-corrected chi connectivity index (χ1v) is 5.95. The molecule has 0 radical (unpaired) electrons. The van der Waals surface area contributed by atoms with Crippen LogP contribution in [0.2, 0.25) is 0 Å². The Morgan fingerprint density at radius 1 is 1.71 bits per heavy atom. The van der Waals surface area contributed by atoms with Crippen molar-refractivity contribution in [3.05, 3.63) is 12.4 Å². The number of β-amino-alcohol motifs (C(OH)–C–C–N with tert-alkyl or cyclic N) is 1. The van der Waals surface area contributed by atoms with Crippen LogP contribution in [0.1, 0.15) is 19.8 Å². The second-order valence-electron chi connectivity index (χ2n) is 4.31. The smallest absolute Gasteiger partial charge is 0.322 e. The summed E-state index contributed by atoms with van der Waals surface area (Å²) in [6.07, 6.45) is 4.73. The van der Waals surface area contributed by atoms with Gasteiger partial charge >= 0.3 is 6.03 Å². The maximum Gasteiger partial charge on any atom is 0.322 e. The predicted molar refractivity (Wildman–Crippen MR) is 63.7 cm³/mol. The van der Waals surface area contributed by atoms with E-state index in [9.17, 15) is 9.90 Å². The standard InChI is InChI=1S/C11H18N4O2/c1-2-4-15-7-9(6-12-15)13-11(17)14-5-3-10(16)8-14/h6-7,10,16H,2-5,8H2,1H3,(H,13,17)/t10-/m0/s1. The van der Waals surface area contributed by atoms with Crippen LogP contribution >= 0.6 is 0 Å². The van der Waals surface area contributed by atoms with Crippen molar-refractivity contribution in [2.45, 2.75) is 32.4 Å². The van der Waals surface area contributed by atoms with Gasteiger partial charge < -0.3 is 15.3 Å². The van der Waals surface area contributed by atoms with Gasteiger partial charge in [-0.1, -0.05) is 6.92 Å². The van der Waals surface area contributed by atoms with Gasteiger partial charge in [-0.05, 0) is 12.8 Å². The zero-order valence-electron chi connectivity index (χ0n) is 9.96. The van der Waals surface area contributed by atoms with Crippen LogP contribution in [0.25, 0.3) is 0 Å². The van der Waals surface area contributed by atoms with E-state index in [1.54, 1.807) is 15.8 Å². The predicted octanol–water partition coefficient (Wildman–Crippen LogP) is 0.892. The number of carbonyl (C=O) groups excluding carboxylic acids is 1. The normalized spacial score (nSPS) is 19.6. The minimum Gasteiger partial charge on any atom is -0.391 e. The van der Waals surface area contributed by atoms with Crippen LogP contribution in [0.15, 0.2) is 12.4 Å². The molecule has 0 aromatic carbocycles. The first kappa shape index (κ1) is 11.9. The summed E-state index contributed by atoms with van der Waals surface area (Å²) < 4.78 is 1.80. The number of hydrogen-bond donors (Lipinski definition) is 2. The average molecular weight is 238 g/mol. The molecule has 0 saturated carbocycles. The summed E-state index contributed by atoms with van der Waals surface area (Å²) in [6.45, 7) is 3.94. The van der Waals surface area contributed by atoms with E-state index in [0.717, 1.165) is 13.0 Å². The second-order valence-corrected chi connectivity index (χ2v) is 4.31. The number of nitrogens with one attached hydrogen (secondary N) is 1. The SMILES string of the molecule is CCCn1cc(NC(=O)N2CC[C@H](O)C2)cn1. The Morgan fingerprint density at radius 2 is 2.53 bits per heavy atom. The Kier molecular flexibility index (Phi) is 3.63. The molecule has 1 aromatic heterocycles. The van der Waals surface area contributed by atoms with E-state index >= 15 is 0 Å². The highest BCUT2D eigenvalue weighted by Gasteiger charge is 2.24. The number of aryl methyl sites for hydroxylation is 1. The topological polar surface area (TPSA) is 70.4 Å². The van der Waals surface area contributed by atoms with Crippen molar-refractivity contribution >= 4 is 11.7 Å². The molecule has 0 aliphatic carbocycles. The molecule has 94 valence electrons. The van der Waals surface area contributed by atoms with E-state index in [2.05, 4.69) is 17.3 Å². The quantitative estimate of drug-likeness (QED) is 0.821. The fourth-order valence-electron chi connectivity index (χ4n) is 1.91. The van der Waals surface area contributed by atoms with Gasteiger partial charge in [-0.25, -0.2) is 4.79 Å². The molecule has 1 aliphatic rings. The number of amides is 2. The first-order valence-electron chi connectivity index (χ1n) is 5.95. The fourth-order valence-corrected chi connectivity index (χ4v) is 1.91. The minimum atomic E-state index is -0.386. The number of anilines is 1. The number of likely N-dealkylation sites (tertiary alicyclic amines) is 1. The highest BCUT2D eigenvalue weighted by atomic mass is 16.3. The lowest BCUT2D eigenvalue weighted by molar-refractivity contribution is 0.176. The monoisotopic (exact) mass is 238 g/mol. The summed E-state index contributed by atoms with van der Waals surface area (Å²) in [5.74, 6) is 0. The van der Waals surface area contributed by atoms with Crippen molar-refractivity contribution in [2.24, 2.45) is 0 Å². The number of nitrogens with zero attached hydrogens (tertiary/aromatic N) is 3. The zero-order chi connectivity index (χ0) is 12.3. The summed E-state index contributed by atoms with van der Waals surface area (Å²) >= 11 is 0. The van der Waals surface area contributed by atoms with Gasteiger partial charge in [0.25, 0.3) is 0 Å². The molecule has 2 rings (SSSR count). The lowest BCUT2D eigenvalue weighted by Crippen LogP contribution is -2.33. The van der Waals surface area contributed by atoms with E-state index in [-0.39, 0.29) is 12.1 Å². The van der Waals surface area contributed by atoms with Gasteiger partial charge in [0.05, 0.1) is 18.0 Å². The van der Waals surface area contributed by atoms with Crippen LogP contribution in [-0.2, 0) is 6.54 Å². The average Bonchev–Trinajstić information content (AvgIpc) is 2.88. The van der Waals surface area contributed by atoms with Crippen LogP contribution in [0.3, 0.4) is 0 Å². The molecule has 6 nitrogen and oxygen atoms in total. The maximum absolute atomic E-state index is 11.8. The Bertz CT molecular complexity index is 391. The molecule has 0 unspecified atom stereocenters. The van der Waals surface area contributed by atoms with Crippen molar-refractivity contribution in [3.8, 4) is 0 Å². The molecular weight excluding hydrogens is 220 g/mol. The third kappa shape index (κ3) is 2.97. The van der Waals surface area contributed by atoms with Gasteiger partial charge in [0.1, 0.15) is 0 Å². The number of carbonyl (C=O) groups is 1. The van der Waals surface area contributed by atoms with Gasteiger partial charge in [0.2, 0.25) is 0 Å². The summed E-state index contributed by atoms with van der Waals surface area (Å²) in [5, 5.41) is 16.3. The number of urea groups is 1.